The molecule has 1 heterocycles. The van der Waals surface area contributed by atoms with E-state index in [1.807, 2.05) is 0 Å². The van der Waals surface area contributed by atoms with E-state index in [4.69, 9.17) is 0 Å². The summed E-state index contributed by atoms with van der Waals surface area (Å²) < 4.78 is 5.21. The number of methoxy groups -OCH3 is 1. The van der Waals surface area contributed by atoms with E-state index in [0.29, 0.717) is 5.69 Å². The largest absolute Gasteiger partial charge is 0.466 e. The van der Waals surface area contributed by atoms with Crippen LogP contribution in [0.4, 0.5) is 0 Å². The van der Waals surface area contributed by atoms with E-state index in [2.05, 4.69) is 32.2 Å². The third-order valence-electron chi connectivity index (χ3n) is 1.80. The van der Waals surface area contributed by atoms with E-state index in [-0.39, 0.29) is 5.57 Å². The lowest BCUT2D eigenvalue weighted by molar-refractivity contribution is -0.137. The fraction of sp³-hybridized carbons (Fsp3) is 0.200. The molecule has 0 saturated heterocycles. The quantitative estimate of drug-likeness (QED) is 0.670. The first kappa shape index (κ1) is 11.9. The first-order chi connectivity index (χ1) is 7.06. The maximum Gasteiger partial charge on any atom is 0.336 e. The summed E-state index contributed by atoms with van der Waals surface area (Å²) in [6.07, 6.45) is 0.377. The minimum absolute atomic E-state index is 0.0388. The third-order valence-corrected chi connectivity index (χ3v) is 2.29. The summed E-state index contributed by atoms with van der Waals surface area (Å²) in [6.45, 7) is 3.45. The second kappa shape index (κ2) is 5.04. The number of hydrogen-bond donors (Lipinski definition) is 1. The van der Waals surface area contributed by atoms with Crippen LogP contribution in [0.5, 0.6) is 0 Å². The minimum atomic E-state index is -1.14. The van der Waals surface area contributed by atoms with Gasteiger partial charge in [0, 0.05) is 10.7 Å². The zero-order chi connectivity index (χ0) is 11.4. The van der Waals surface area contributed by atoms with Gasteiger partial charge in [-0.15, -0.1) is 0 Å². The highest BCUT2D eigenvalue weighted by Crippen LogP contribution is 2.21. The molecule has 0 radical (unpaired) electrons. The SMILES string of the molecule is C=C(C(=O)OC)C(O)c1cc(Br)ccn1. The summed E-state index contributed by atoms with van der Waals surface area (Å²) in [7, 11) is 1.23. The number of halogens is 1. The summed E-state index contributed by atoms with van der Waals surface area (Å²) in [6, 6.07) is 3.33. The van der Waals surface area contributed by atoms with Crippen LogP contribution in [-0.4, -0.2) is 23.2 Å². The van der Waals surface area contributed by atoms with Crippen molar-refractivity contribution in [2.24, 2.45) is 0 Å². The van der Waals surface area contributed by atoms with Gasteiger partial charge in [0.1, 0.15) is 6.10 Å². The van der Waals surface area contributed by atoms with Gasteiger partial charge in [-0.2, -0.15) is 0 Å². The molecule has 0 aliphatic heterocycles. The average molecular weight is 272 g/mol. The second-order valence-corrected chi connectivity index (χ2v) is 3.73. The molecule has 0 aliphatic carbocycles. The second-order valence-electron chi connectivity index (χ2n) is 2.82. The van der Waals surface area contributed by atoms with Crippen molar-refractivity contribution in [1.82, 2.24) is 4.98 Å². The molecular weight excluding hydrogens is 262 g/mol. The molecule has 0 fully saturated rings. The number of aromatic nitrogens is 1. The fourth-order valence-corrected chi connectivity index (χ4v) is 1.34. The van der Waals surface area contributed by atoms with Crippen LogP contribution in [-0.2, 0) is 9.53 Å². The van der Waals surface area contributed by atoms with Crippen LogP contribution < -0.4 is 0 Å². The highest BCUT2D eigenvalue weighted by Gasteiger charge is 2.19. The maximum atomic E-state index is 11.1. The number of pyridine rings is 1. The van der Waals surface area contributed by atoms with Gasteiger partial charge in [0.15, 0.2) is 0 Å². The Morgan fingerprint density at radius 1 is 1.73 bits per heavy atom. The first-order valence-corrected chi connectivity index (χ1v) is 4.92. The average Bonchev–Trinajstić information content (AvgIpc) is 2.26. The van der Waals surface area contributed by atoms with Gasteiger partial charge in [-0.3, -0.25) is 4.98 Å². The molecule has 80 valence electrons. The van der Waals surface area contributed by atoms with Gasteiger partial charge in [-0.05, 0) is 12.1 Å². The van der Waals surface area contributed by atoms with E-state index >= 15 is 0 Å². The summed E-state index contributed by atoms with van der Waals surface area (Å²) in [4.78, 5) is 15.0. The Balaban J connectivity index is 2.89. The van der Waals surface area contributed by atoms with Gasteiger partial charge in [0.25, 0.3) is 0 Å². The van der Waals surface area contributed by atoms with Crippen molar-refractivity contribution in [2.75, 3.05) is 7.11 Å². The molecule has 1 atom stereocenters. The Labute approximate surface area is 95.7 Å². The van der Waals surface area contributed by atoms with Gasteiger partial charge in [-0.25, -0.2) is 4.79 Å². The fourth-order valence-electron chi connectivity index (χ4n) is 0.992. The van der Waals surface area contributed by atoms with Gasteiger partial charge in [-0.1, -0.05) is 22.5 Å². The van der Waals surface area contributed by atoms with Crippen molar-refractivity contribution < 1.29 is 14.6 Å². The van der Waals surface area contributed by atoms with Crippen molar-refractivity contribution in [3.05, 3.63) is 40.6 Å². The number of esters is 1. The lowest BCUT2D eigenvalue weighted by atomic mass is 10.1. The molecule has 1 aromatic rings. The summed E-state index contributed by atoms with van der Waals surface area (Å²) in [5.41, 5.74) is 0.308. The standard InChI is InChI=1S/C10H10BrNO3/c1-6(10(14)15-2)9(13)8-5-7(11)3-4-12-8/h3-5,9,13H,1H2,2H3. The van der Waals surface area contributed by atoms with Gasteiger partial charge < -0.3 is 9.84 Å². The molecule has 1 aromatic heterocycles. The predicted octanol–water partition coefficient (Wildman–Crippen LogP) is 1.61. The molecule has 0 aliphatic rings. The van der Waals surface area contributed by atoms with Crippen LogP contribution >= 0.6 is 15.9 Å². The topological polar surface area (TPSA) is 59.4 Å². The number of rotatable bonds is 3. The number of nitrogens with zero attached hydrogens (tertiary/aromatic N) is 1. The molecule has 1 unspecified atom stereocenters. The van der Waals surface area contributed by atoms with Gasteiger partial charge in [0.2, 0.25) is 0 Å². The maximum absolute atomic E-state index is 11.1. The predicted molar refractivity (Wildman–Crippen MR) is 58.1 cm³/mol. The van der Waals surface area contributed by atoms with E-state index in [0.717, 1.165) is 4.47 Å². The molecule has 0 spiro atoms. The van der Waals surface area contributed by atoms with E-state index in [1.54, 1.807) is 12.1 Å². The monoisotopic (exact) mass is 271 g/mol. The van der Waals surface area contributed by atoms with Crippen LogP contribution in [0.25, 0.3) is 0 Å². The van der Waals surface area contributed by atoms with Crippen LogP contribution in [0.15, 0.2) is 35.0 Å². The molecular formula is C10H10BrNO3. The number of aliphatic hydroxyl groups is 1. The Morgan fingerprint density at radius 2 is 2.40 bits per heavy atom. The van der Waals surface area contributed by atoms with Crippen LogP contribution in [0, 0.1) is 0 Å². The highest BCUT2D eigenvalue weighted by atomic mass is 79.9. The first-order valence-electron chi connectivity index (χ1n) is 4.13. The molecule has 0 aromatic carbocycles. The number of ether oxygens (including phenoxy) is 1. The number of carbonyl (C=O) groups is 1. The molecule has 1 rings (SSSR count). The molecule has 15 heavy (non-hydrogen) atoms. The molecule has 4 nitrogen and oxygen atoms in total. The molecule has 0 saturated carbocycles. The van der Waals surface area contributed by atoms with Gasteiger partial charge in [0.05, 0.1) is 18.4 Å². The lowest BCUT2D eigenvalue weighted by Crippen LogP contribution is -2.12. The van der Waals surface area contributed by atoms with E-state index < -0.39 is 12.1 Å². The smallest absolute Gasteiger partial charge is 0.336 e. The van der Waals surface area contributed by atoms with Crippen molar-refractivity contribution in [3.63, 3.8) is 0 Å². The minimum Gasteiger partial charge on any atom is -0.466 e. The Kier molecular flexibility index (Phi) is 3.99. The Bertz CT molecular complexity index is 392. The molecule has 1 N–H and O–H groups in total. The van der Waals surface area contributed by atoms with Crippen molar-refractivity contribution in [3.8, 4) is 0 Å². The van der Waals surface area contributed by atoms with Crippen LogP contribution in [0.3, 0.4) is 0 Å². The number of carbonyl (C=O) groups excluding carboxylic acids is 1. The normalized spacial score (nSPS) is 11.9. The zero-order valence-corrected chi connectivity index (χ0v) is 9.69. The van der Waals surface area contributed by atoms with Crippen LogP contribution in [0.1, 0.15) is 11.8 Å². The lowest BCUT2D eigenvalue weighted by Gasteiger charge is -2.11. The molecule has 0 bridgehead atoms. The van der Waals surface area contributed by atoms with Crippen LogP contribution in [0.2, 0.25) is 0 Å². The summed E-state index contributed by atoms with van der Waals surface area (Å²) >= 11 is 3.24. The van der Waals surface area contributed by atoms with Crippen molar-refractivity contribution in [2.45, 2.75) is 6.10 Å². The number of hydrogen-bond acceptors (Lipinski definition) is 4. The van der Waals surface area contributed by atoms with Gasteiger partial charge >= 0.3 is 5.97 Å². The highest BCUT2D eigenvalue weighted by molar-refractivity contribution is 9.10. The summed E-state index contributed by atoms with van der Waals surface area (Å²) in [5, 5.41) is 9.73. The van der Waals surface area contributed by atoms with E-state index in [9.17, 15) is 9.90 Å². The molecule has 5 heteroatoms. The third kappa shape index (κ3) is 2.87. The van der Waals surface area contributed by atoms with E-state index in [1.165, 1.54) is 13.3 Å². The summed E-state index contributed by atoms with van der Waals surface area (Å²) in [5.74, 6) is -0.649. The Morgan fingerprint density at radius 3 is 2.93 bits per heavy atom. The Hall–Kier alpha value is -1.20. The van der Waals surface area contributed by atoms with Crippen molar-refractivity contribution in [1.29, 1.82) is 0 Å². The number of aliphatic hydroxyl groups excluding tert-OH is 1. The van der Waals surface area contributed by atoms with Crippen molar-refractivity contribution >= 4 is 21.9 Å². The zero-order valence-electron chi connectivity index (χ0n) is 8.11. The molecule has 0 amide bonds.